The van der Waals surface area contributed by atoms with E-state index in [1.807, 2.05) is 0 Å². The summed E-state index contributed by atoms with van der Waals surface area (Å²) in [7, 11) is 2.92. The Labute approximate surface area is 164 Å². The molecular formula is C18H14N2O5S2. The first kappa shape index (κ1) is 18.9. The van der Waals surface area contributed by atoms with Crippen LogP contribution < -0.4 is 14.4 Å². The molecule has 1 saturated heterocycles. The highest BCUT2D eigenvalue weighted by atomic mass is 32.2. The molecule has 1 fully saturated rings. The fourth-order valence-corrected chi connectivity index (χ4v) is 3.81. The summed E-state index contributed by atoms with van der Waals surface area (Å²) >= 11 is 6.47. The maximum absolute atomic E-state index is 12.8. The molecular weight excluding hydrogens is 388 g/mol. The van der Waals surface area contributed by atoms with Crippen LogP contribution in [-0.2, 0) is 4.79 Å². The molecule has 138 valence electrons. The Morgan fingerprint density at radius 2 is 1.85 bits per heavy atom. The predicted octanol–water partition coefficient (Wildman–Crippen LogP) is 4.02. The number of thioether (sulfide) groups is 1. The Bertz CT molecular complexity index is 957. The third kappa shape index (κ3) is 3.79. The van der Waals surface area contributed by atoms with Crippen LogP contribution in [0.5, 0.6) is 11.5 Å². The first-order valence-electron chi connectivity index (χ1n) is 7.69. The quantitative estimate of drug-likeness (QED) is 0.323. The van der Waals surface area contributed by atoms with Gasteiger partial charge in [-0.1, -0.05) is 30.0 Å². The lowest BCUT2D eigenvalue weighted by Crippen LogP contribution is -2.27. The number of carbonyl (C=O) groups is 1. The molecule has 0 spiro atoms. The number of rotatable bonds is 5. The van der Waals surface area contributed by atoms with Crippen LogP contribution in [-0.4, -0.2) is 29.4 Å². The molecule has 1 aliphatic rings. The summed E-state index contributed by atoms with van der Waals surface area (Å²) < 4.78 is 10.5. The van der Waals surface area contributed by atoms with E-state index in [0.29, 0.717) is 26.2 Å². The van der Waals surface area contributed by atoms with E-state index in [9.17, 15) is 14.9 Å². The van der Waals surface area contributed by atoms with E-state index in [4.69, 9.17) is 21.7 Å². The molecule has 0 saturated carbocycles. The maximum atomic E-state index is 12.8. The molecule has 0 bridgehead atoms. The Balaban J connectivity index is 1.92. The lowest BCUT2D eigenvalue weighted by Gasteiger charge is -2.14. The fraction of sp³-hybridized carbons (Fsp3) is 0.111. The number of nitro groups is 1. The van der Waals surface area contributed by atoms with Crippen molar-refractivity contribution in [3.8, 4) is 11.5 Å². The Morgan fingerprint density at radius 3 is 2.44 bits per heavy atom. The molecule has 1 amide bonds. The highest BCUT2D eigenvalue weighted by Crippen LogP contribution is 2.37. The van der Waals surface area contributed by atoms with Crippen molar-refractivity contribution in [2.75, 3.05) is 19.1 Å². The van der Waals surface area contributed by atoms with E-state index in [-0.39, 0.29) is 17.3 Å². The van der Waals surface area contributed by atoms with Crippen molar-refractivity contribution in [2.24, 2.45) is 0 Å². The monoisotopic (exact) mass is 402 g/mol. The summed E-state index contributed by atoms with van der Waals surface area (Å²) in [5.74, 6) is 0.543. The largest absolute Gasteiger partial charge is 0.497 e. The van der Waals surface area contributed by atoms with E-state index in [1.165, 1.54) is 24.1 Å². The standard InChI is InChI=1S/C18H14N2O5S2/c1-24-13-6-4-12(5-7-13)19-17(21)16(27-18(19)26)10-11-3-8-15(25-2)14(9-11)20(22)23/h3-10H,1-2H3/b16-10-. The minimum Gasteiger partial charge on any atom is -0.497 e. The number of anilines is 1. The van der Waals surface area contributed by atoms with Gasteiger partial charge in [-0.2, -0.15) is 0 Å². The molecule has 2 aromatic carbocycles. The maximum Gasteiger partial charge on any atom is 0.311 e. The van der Waals surface area contributed by atoms with Crippen molar-refractivity contribution in [1.82, 2.24) is 0 Å². The second kappa shape index (κ2) is 7.77. The number of hydrogen-bond donors (Lipinski definition) is 0. The Morgan fingerprint density at radius 1 is 1.15 bits per heavy atom. The molecule has 0 unspecified atom stereocenters. The van der Waals surface area contributed by atoms with Crippen molar-refractivity contribution >= 4 is 51.7 Å². The second-order valence-corrected chi connectivity index (χ2v) is 7.08. The van der Waals surface area contributed by atoms with Gasteiger partial charge in [-0.15, -0.1) is 0 Å². The van der Waals surface area contributed by atoms with Gasteiger partial charge in [-0.3, -0.25) is 19.8 Å². The Hall–Kier alpha value is -2.91. The average molecular weight is 402 g/mol. The summed E-state index contributed by atoms with van der Waals surface area (Å²) in [6.45, 7) is 0. The van der Waals surface area contributed by atoms with Crippen LogP contribution >= 0.6 is 24.0 Å². The fourth-order valence-electron chi connectivity index (χ4n) is 2.51. The van der Waals surface area contributed by atoms with Crippen LogP contribution in [0.25, 0.3) is 6.08 Å². The topological polar surface area (TPSA) is 81.9 Å². The van der Waals surface area contributed by atoms with E-state index >= 15 is 0 Å². The van der Waals surface area contributed by atoms with Crippen LogP contribution in [0.4, 0.5) is 11.4 Å². The number of ether oxygens (including phenoxy) is 2. The van der Waals surface area contributed by atoms with E-state index in [0.717, 1.165) is 11.8 Å². The molecule has 0 radical (unpaired) electrons. The lowest BCUT2D eigenvalue weighted by molar-refractivity contribution is -0.385. The van der Waals surface area contributed by atoms with Crippen LogP contribution in [0, 0.1) is 10.1 Å². The SMILES string of the molecule is COc1ccc(N2C(=O)/C(=C/c3ccc(OC)c([N+](=O)[O-])c3)SC2=S)cc1. The molecule has 0 aromatic heterocycles. The number of methoxy groups -OCH3 is 2. The van der Waals surface area contributed by atoms with Crippen LogP contribution in [0.1, 0.15) is 5.56 Å². The van der Waals surface area contributed by atoms with Gasteiger partial charge in [0.05, 0.1) is 29.7 Å². The number of thiocarbonyl (C=S) groups is 1. The summed E-state index contributed by atoms with van der Waals surface area (Å²) in [5.41, 5.74) is 0.969. The molecule has 2 aromatic rings. The molecule has 0 aliphatic carbocycles. The van der Waals surface area contributed by atoms with E-state index in [2.05, 4.69) is 0 Å². The number of nitro benzene ring substituents is 1. The van der Waals surface area contributed by atoms with Gasteiger partial charge < -0.3 is 9.47 Å². The first-order valence-corrected chi connectivity index (χ1v) is 8.91. The second-order valence-electron chi connectivity index (χ2n) is 5.40. The van der Waals surface area contributed by atoms with Gasteiger partial charge in [0.15, 0.2) is 10.1 Å². The van der Waals surface area contributed by atoms with Gasteiger partial charge >= 0.3 is 5.69 Å². The van der Waals surface area contributed by atoms with Crippen molar-refractivity contribution < 1.29 is 19.2 Å². The van der Waals surface area contributed by atoms with Gasteiger partial charge in [0.2, 0.25) is 0 Å². The number of carbonyl (C=O) groups excluding carboxylic acids is 1. The molecule has 3 rings (SSSR count). The summed E-state index contributed by atoms with van der Waals surface area (Å²) in [5, 5.41) is 11.2. The van der Waals surface area contributed by atoms with Crippen LogP contribution in [0.15, 0.2) is 47.4 Å². The third-order valence-corrected chi connectivity index (χ3v) is 5.12. The lowest BCUT2D eigenvalue weighted by atomic mass is 10.1. The highest BCUT2D eigenvalue weighted by Gasteiger charge is 2.33. The molecule has 1 aliphatic heterocycles. The van der Waals surface area contributed by atoms with Crippen molar-refractivity contribution in [2.45, 2.75) is 0 Å². The molecule has 1 heterocycles. The van der Waals surface area contributed by atoms with Crippen LogP contribution in [0.3, 0.4) is 0 Å². The van der Waals surface area contributed by atoms with Gasteiger partial charge in [0.1, 0.15) is 5.75 Å². The van der Waals surface area contributed by atoms with Crippen molar-refractivity contribution in [1.29, 1.82) is 0 Å². The smallest absolute Gasteiger partial charge is 0.311 e. The summed E-state index contributed by atoms with van der Waals surface area (Å²) in [6.07, 6.45) is 1.58. The molecule has 9 heteroatoms. The molecule has 0 N–H and O–H groups in total. The molecule has 7 nitrogen and oxygen atoms in total. The number of amides is 1. The van der Waals surface area contributed by atoms with Gasteiger partial charge in [-0.25, -0.2) is 0 Å². The van der Waals surface area contributed by atoms with Crippen molar-refractivity contribution in [3.05, 3.63) is 63.0 Å². The van der Waals surface area contributed by atoms with Crippen LogP contribution in [0.2, 0.25) is 0 Å². The number of hydrogen-bond acceptors (Lipinski definition) is 7. The normalized spacial score (nSPS) is 15.3. The number of nitrogens with zero attached hydrogens (tertiary/aromatic N) is 2. The average Bonchev–Trinajstić information content (AvgIpc) is 2.95. The minimum absolute atomic E-state index is 0.155. The van der Waals surface area contributed by atoms with Gasteiger partial charge in [0.25, 0.3) is 5.91 Å². The number of benzene rings is 2. The van der Waals surface area contributed by atoms with Gasteiger partial charge in [0, 0.05) is 6.07 Å². The molecule has 0 atom stereocenters. The molecule has 27 heavy (non-hydrogen) atoms. The highest BCUT2D eigenvalue weighted by molar-refractivity contribution is 8.27. The van der Waals surface area contributed by atoms with E-state index < -0.39 is 4.92 Å². The third-order valence-electron chi connectivity index (χ3n) is 3.82. The Kier molecular flexibility index (Phi) is 5.43. The van der Waals surface area contributed by atoms with Crippen molar-refractivity contribution in [3.63, 3.8) is 0 Å². The summed E-state index contributed by atoms with van der Waals surface area (Å²) in [6, 6.07) is 11.5. The first-order chi connectivity index (χ1) is 12.9. The minimum atomic E-state index is -0.529. The zero-order valence-electron chi connectivity index (χ0n) is 14.4. The van der Waals surface area contributed by atoms with Gasteiger partial charge in [-0.05, 0) is 42.0 Å². The predicted molar refractivity (Wildman–Crippen MR) is 108 cm³/mol. The zero-order valence-corrected chi connectivity index (χ0v) is 16.0. The van der Waals surface area contributed by atoms with E-state index in [1.54, 1.807) is 43.5 Å². The summed E-state index contributed by atoms with van der Waals surface area (Å²) in [4.78, 5) is 25.2. The zero-order chi connectivity index (χ0) is 19.6.